The van der Waals surface area contributed by atoms with Gasteiger partial charge in [-0.25, -0.2) is 0 Å². The van der Waals surface area contributed by atoms with Gasteiger partial charge in [0.15, 0.2) is 0 Å². The maximum absolute atomic E-state index is 3.78. The molecule has 64 valence electrons. The van der Waals surface area contributed by atoms with Gasteiger partial charge in [-0.05, 0) is 12.6 Å². The van der Waals surface area contributed by atoms with Gasteiger partial charge in [-0.1, -0.05) is 45.2 Å². The Hall–Kier alpha value is -0.820. The lowest BCUT2D eigenvalue weighted by Gasteiger charge is -1.94. The minimum atomic E-state index is 0.838. The second-order valence-corrected chi connectivity index (χ2v) is 1.78. The van der Waals surface area contributed by atoms with Crippen LogP contribution in [0.1, 0.15) is 13.8 Å². The van der Waals surface area contributed by atoms with E-state index in [2.05, 4.69) is 18.5 Å². The van der Waals surface area contributed by atoms with E-state index in [-0.39, 0.29) is 0 Å². The molecule has 11 heavy (non-hydrogen) atoms. The number of allylic oxidation sites excluding steroid dienone is 2. The van der Waals surface area contributed by atoms with Crippen molar-refractivity contribution in [2.45, 2.75) is 13.8 Å². The SMILES string of the molecule is C=C/C=C\C(=C)CNC.CC. The summed E-state index contributed by atoms with van der Waals surface area (Å²) in [5.41, 5.74) is 1.07. The summed E-state index contributed by atoms with van der Waals surface area (Å²) in [4.78, 5) is 0. The summed E-state index contributed by atoms with van der Waals surface area (Å²) in [6.07, 6.45) is 5.55. The molecule has 0 rings (SSSR count). The summed E-state index contributed by atoms with van der Waals surface area (Å²) in [5, 5.41) is 2.99. The standard InChI is InChI=1S/C8H13N.C2H6/c1-4-5-6-8(2)7-9-3;1-2/h4-6,9H,1-2,7H2,3H3;1-2H3/b6-5-;. The fourth-order valence-electron chi connectivity index (χ4n) is 0.490. The van der Waals surface area contributed by atoms with Gasteiger partial charge in [0.1, 0.15) is 0 Å². The molecule has 0 aromatic heterocycles. The first-order chi connectivity index (χ1) is 5.31. The van der Waals surface area contributed by atoms with Crippen molar-refractivity contribution in [2.24, 2.45) is 0 Å². The van der Waals surface area contributed by atoms with Crippen LogP contribution in [-0.2, 0) is 0 Å². The van der Waals surface area contributed by atoms with Crippen LogP contribution in [0.25, 0.3) is 0 Å². The van der Waals surface area contributed by atoms with Crippen molar-refractivity contribution in [1.82, 2.24) is 5.32 Å². The van der Waals surface area contributed by atoms with E-state index in [0.717, 1.165) is 12.1 Å². The van der Waals surface area contributed by atoms with Gasteiger partial charge < -0.3 is 5.32 Å². The average Bonchev–Trinajstić information content (AvgIpc) is 2.05. The molecular formula is C10H19N. The highest BCUT2D eigenvalue weighted by molar-refractivity contribution is 5.19. The van der Waals surface area contributed by atoms with Crippen LogP contribution in [0.15, 0.2) is 37.0 Å². The van der Waals surface area contributed by atoms with Crippen LogP contribution in [0.4, 0.5) is 0 Å². The molecule has 0 saturated carbocycles. The first-order valence-electron chi connectivity index (χ1n) is 3.92. The highest BCUT2D eigenvalue weighted by Crippen LogP contribution is 1.88. The number of hydrogen-bond acceptors (Lipinski definition) is 1. The van der Waals surface area contributed by atoms with E-state index in [1.54, 1.807) is 6.08 Å². The summed E-state index contributed by atoms with van der Waals surface area (Å²) in [7, 11) is 1.90. The Balaban J connectivity index is 0. The summed E-state index contributed by atoms with van der Waals surface area (Å²) in [6, 6.07) is 0. The molecule has 0 fully saturated rings. The molecule has 0 heterocycles. The average molecular weight is 153 g/mol. The van der Waals surface area contributed by atoms with E-state index >= 15 is 0 Å². The normalized spacial score (nSPS) is 8.64. The molecule has 0 saturated heterocycles. The summed E-state index contributed by atoms with van der Waals surface area (Å²) in [6.45, 7) is 12.2. The molecule has 0 aliphatic heterocycles. The van der Waals surface area contributed by atoms with Crippen molar-refractivity contribution in [1.29, 1.82) is 0 Å². The monoisotopic (exact) mass is 153 g/mol. The summed E-state index contributed by atoms with van der Waals surface area (Å²) >= 11 is 0. The molecule has 0 bridgehead atoms. The van der Waals surface area contributed by atoms with Crippen molar-refractivity contribution in [2.75, 3.05) is 13.6 Å². The fraction of sp³-hybridized carbons (Fsp3) is 0.400. The Bertz CT molecular complexity index is 123. The van der Waals surface area contributed by atoms with E-state index < -0.39 is 0 Å². The molecule has 0 atom stereocenters. The minimum Gasteiger partial charge on any atom is -0.316 e. The van der Waals surface area contributed by atoms with Gasteiger partial charge in [0.05, 0.1) is 0 Å². The smallest absolute Gasteiger partial charge is 0.0196 e. The highest BCUT2D eigenvalue weighted by Gasteiger charge is 1.80. The van der Waals surface area contributed by atoms with E-state index in [1.165, 1.54) is 0 Å². The zero-order chi connectivity index (χ0) is 9.11. The van der Waals surface area contributed by atoms with Crippen LogP contribution >= 0.6 is 0 Å². The number of nitrogens with one attached hydrogen (secondary N) is 1. The Kier molecular flexibility index (Phi) is 13.9. The molecule has 0 aromatic rings. The maximum atomic E-state index is 3.78. The van der Waals surface area contributed by atoms with Gasteiger partial charge in [0.25, 0.3) is 0 Å². The summed E-state index contributed by atoms with van der Waals surface area (Å²) < 4.78 is 0. The lowest BCUT2D eigenvalue weighted by molar-refractivity contribution is 0.898. The third-order valence-electron chi connectivity index (χ3n) is 0.872. The molecule has 1 heteroatoms. The van der Waals surface area contributed by atoms with Crippen LogP contribution in [-0.4, -0.2) is 13.6 Å². The quantitative estimate of drug-likeness (QED) is 0.612. The van der Waals surface area contributed by atoms with E-state index in [4.69, 9.17) is 0 Å². The highest BCUT2D eigenvalue weighted by atomic mass is 14.8. The first kappa shape index (κ1) is 12.8. The van der Waals surface area contributed by atoms with Crippen LogP contribution < -0.4 is 5.32 Å². The molecule has 0 aliphatic rings. The number of rotatable bonds is 4. The van der Waals surface area contributed by atoms with Gasteiger partial charge in [0, 0.05) is 6.54 Å². The Morgan fingerprint density at radius 1 is 1.45 bits per heavy atom. The summed E-state index contributed by atoms with van der Waals surface area (Å²) in [5.74, 6) is 0. The van der Waals surface area contributed by atoms with E-state index in [9.17, 15) is 0 Å². The largest absolute Gasteiger partial charge is 0.316 e. The van der Waals surface area contributed by atoms with Crippen molar-refractivity contribution in [3.63, 3.8) is 0 Å². The molecule has 0 aromatic carbocycles. The van der Waals surface area contributed by atoms with Gasteiger partial charge in [0.2, 0.25) is 0 Å². The fourth-order valence-corrected chi connectivity index (χ4v) is 0.490. The number of likely N-dealkylation sites (N-methyl/N-ethyl adjacent to an activating group) is 1. The van der Waals surface area contributed by atoms with Gasteiger partial charge >= 0.3 is 0 Å². The molecule has 0 spiro atoms. The lowest BCUT2D eigenvalue weighted by atomic mass is 10.3. The molecule has 1 nitrogen and oxygen atoms in total. The number of hydrogen-bond donors (Lipinski definition) is 1. The molecule has 0 amide bonds. The van der Waals surface area contributed by atoms with Gasteiger partial charge in [-0.2, -0.15) is 0 Å². The third kappa shape index (κ3) is 12.4. The maximum Gasteiger partial charge on any atom is 0.0196 e. The predicted molar refractivity (Wildman–Crippen MR) is 53.8 cm³/mol. The van der Waals surface area contributed by atoms with Gasteiger partial charge in [-0.15, -0.1) is 0 Å². The minimum absolute atomic E-state index is 0.838. The second kappa shape index (κ2) is 11.9. The Labute approximate surface area is 70.5 Å². The van der Waals surface area contributed by atoms with Crippen molar-refractivity contribution in [3.8, 4) is 0 Å². The lowest BCUT2D eigenvalue weighted by Crippen LogP contribution is -2.07. The topological polar surface area (TPSA) is 12.0 Å². The Morgan fingerprint density at radius 3 is 2.36 bits per heavy atom. The molecular weight excluding hydrogens is 134 g/mol. The second-order valence-electron chi connectivity index (χ2n) is 1.78. The molecule has 0 radical (unpaired) electrons. The molecule has 0 aliphatic carbocycles. The zero-order valence-corrected chi connectivity index (χ0v) is 7.85. The van der Waals surface area contributed by atoms with Crippen LogP contribution in [0.2, 0.25) is 0 Å². The zero-order valence-electron chi connectivity index (χ0n) is 7.85. The van der Waals surface area contributed by atoms with E-state index in [1.807, 2.05) is 33.0 Å². The first-order valence-corrected chi connectivity index (χ1v) is 3.92. The van der Waals surface area contributed by atoms with Gasteiger partial charge in [-0.3, -0.25) is 0 Å². The van der Waals surface area contributed by atoms with Crippen molar-refractivity contribution < 1.29 is 0 Å². The van der Waals surface area contributed by atoms with Crippen molar-refractivity contribution in [3.05, 3.63) is 37.0 Å². The third-order valence-corrected chi connectivity index (χ3v) is 0.872. The predicted octanol–water partition coefficient (Wildman–Crippen LogP) is 2.53. The van der Waals surface area contributed by atoms with Crippen LogP contribution in [0.3, 0.4) is 0 Å². The molecule has 1 N–H and O–H groups in total. The van der Waals surface area contributed by atoms with E-state index in [0.29, 0.717) is 0 Å². The Morgan fingerprint density at radius 2 is 2.00 bits per heavy atom. The van der Waals surface area contributed by atoms with Crippen molar-refractivity contribution >= 4 is 0 Å². The van der Waals surface area contributed by atoms with Crippen LogP contribution in [0.5, 0.6) is 0 Å². The molecule has 0 unspecified atom stereocenters. The van der Waals surface area contributed by atoms with Crippen LogP contribution in [0, 0.1) is 0 Å².